The molecule has 179 valence electrons. The fourth-order valence-electron chi connectivity index (χ4n) is 3.87. The summed E-state index contributed by atoms with van der Waals surface area (Å²) in [5.74, 6) is -1.000. The Morgan fingerprint density at radius 1 is 0.700 bits per heavy atom. The van der Waals surface area contributed by atoms with Gasteiger partial charge in [0.2, 0.25) is 0 Å². The summed E-state index contributed by atoms with van der Waals surface area (Å²) in [6.45, 7) is 25.0. The van der Waals surface area contributed by atoms with Gasteiger partial charge in [0.05, 0.1) is 6.42 Å². The van der Waals surface area contributed by atoms with Gasteiger partial charge in [-0.05, 0) is 98.1 Å². The molecule has 0 unspecified atom stereocenters. The van der Waals surface area contributed by atoms with Crippen molar-refractivity contribution in [2.75, 3.05) is 20.1 Å². The van der Waals surface area contributed by atoms with E-state index in [-0.39, 0.29) is 6.42 Å². The molecule has 0 spiro atoms. The normalized spacial score (nSPS) is 14.4. The molecule has 7 nitrogen and oxygen atoms in total. The molecule has 0 atom stereocenters. The maximum Gasteiger partial charge on any atom is 0.356 e. The van der Waals surface area contributed by atoms with Gasteiger partial charge in [0, 0.05) is 6.54 Å². The van der Waals surface area contributed by atoms with Gasteiger partial charge in [0.25, 0.3) is 0 Å². The van der Waals surface area contributed by atoms with Crippen molar-refractivity contribution in [2.24, 2.45) is 0 Å². The number of hydrogen-bond acceptors (Lipinski definition) is 6. The number of nitrogens with zero attached hydrogens (tertiary/aromatic N) is 1. The van der Waals surface area contributed by atoms with Gasteiger partial charge < -0.3 is 21.4 Å². The van der Waals surface area contributed by atoms with Crippen LogP contribution in [0.15, 0.2) is 0 Å². The van der Waals surface area contributed by atoms with E-state index in [4.69, 9.17) is 16.5 Å². The molecule has 0 amide bonds. The molecule has 0 rings (SSSR count). The maximum absolute atomic E-state index is 10.6. The van der Waals surface area contributed by atoms with Crippen molar-refractivity contribution in [3.63, 3.8) is 0 Å². The minimum atomic E-state index is -2.40. The predicted molar refractivity (Wildman–Crippen MR) is 135 cm³/mol. The van der Waals surface area contributed by atoms with E-state index in [0.29, 0.717) is 6.54 Å². The Bertz CT molecular complexity index is 552. The largest absolute Gasteiger partial charge is 0.437 e. The zero-order valence-electron chi connectivity index (χ0n) is 21.4. The molecule has 0 aromatic carbocycles. The monoisotopic (exact) mass is 512 g/mol. The second kappa shape index (κ2) is 11.5. The van der Waals surface area contributed by atoms with Gasteiger partial charge in [0.15, 0.2) is 16.6 Å². The predicted octanol–water partition coefficient (Wildman–Crippen LogP) is 4.87. The summed E-state index contributed by atoms with van der Waals surface area (Å²) in [5.41, 5.74) is 0. The number of carbonyl (C=O) groups is 1. The fraction of sp³-hybridized carbons (Fsp3) is 0.944. The Morgan fingerprint density at radius 3 is 1.57 bits per heavy atom. The minimum Gasteiger partial charge on any atom is -0.437 e. The molecule has 0 N–H and O–H groups in total. The topological polar surface area (TPSA) is 77.1 Å². The van der Waals surface area contributed by atoms with Gasteiger partial charge in [-0.3, -0.25) is 0 Å². The summed E-state index contributed by atoms with van der Waals surface area (Å²) in [6.07, 6.45) is 1.05. The molecule has 0 saturated carbocycles. The Hall–Kier alpha value is 0.354. The third kappa shape index (κ3) is 16.1. The third-order valence-corrected chi connectivity index (χ3v) is 22.1. The Labute approximate surface area is 190 Å². The Kier molecular flexibility index (Phi) is 11.6. The van der Waals surface area contributed by atoms with Crippen molar-refractivity contribution >= 4 is 48.3 Å². The first-order chi connectivity index (χ1) is 13.1. The Morgan fingerprint density at radius 2 is 1.13 bits per heavy atom. The molecule has 0 aromatic rings. The van der Waals surface area contributed by atoms with Crippen LogP contribution in [-0.2, 0) is 26.4 Å². The van der Waals surface area contributed by atoms with E-state index < -0.39 is 48.3 Å². The van der Waals surface area contributed by atoms with Crippen molar-refractivity contribution in [2.45, 2.75) is 90.9 Å². The molecular weight excluding hydrogens is 467 g/mol. The lowest BCUT2D eigenvalue weighted by Gasteiger charge is -2.42. The van der Waals surface area contributed by atoms with Crippen LogP contribution in [0.2, 0.25) is 78.1 Å². The van der Waals surface area contributed by atoms with Crippen molar-refractivity contribution in [3.8, 4) is 0 Å². The average molecular weight is 513 g/mol. The summed E-state index contributed by atoms with van der Waals surface area (Å²) in [4.78, 5) is 12.6. The van der Waals surface area contributed by atoms with E-state index in [1.807, 2.05) is 11.9 Å². The number of rotatable bonds is 15. The van der Waals surface area contributed by atoms with Crippen LogP contribution in [0.3, 0.4) is 0 Å². The first-order valence-electron chi connectivity index (χ1n) is 10.8. The van der Waals surface area contributed by atoms with Crippen molar-refractivity contribution in [3.05, 3.63) is 0 Å². The highest BCUT2D eigenvalue weighted by molar-refractivity contribution is 6.90. The molecule has 1 radical (unpaired) electrons. The van der Waals surface area contributed by atoms with E-state index in [9.17, 15) is 9.90 Å². The van der Waals surface area contributed by atoms with Crippen molar-refractivity contribution < 1.29 is 26.4 Å². The smallest absolute Gasteiger partial charge is 0.356 e. The highest BCUT2D eigenvalue weighted by Gasteiger charge is 2.45. The van der Waals surface area contributed by atoms with Gasteiger partial charge in [-0.25, -0.2) is 9.90 Å². The molecular formula is C18H46NO6Si5. The molecule has 0 aliphatic rings. The van der Waals surface area contributed by atoms with Gasteiger partial charge in [-0.15, -0.1) is 0 Å². The first kappa shape index (κ1) is 30.4. The van der Waals surface area contributed by atoms with Crippen molar-refractivity contribution in [1.82, 2.24) is 4.90 Å². The van der Waals surface area contributed by atoms with Gasteiger partial charge in [-0.2, -0.15) is 0 Å². The summed E-state index contributed by atoms with van der Waals surface area (Å²) < 4.78 is 26.0. The highest BCUT2D eigenvalue weighted by atomic mass is 28.5. The maximum atomic E-state index is 10.6. The summed E-state index contributed by atoms with van der Waals surface area (Å²) in [6, 6.07) is 1.00. The van der Waals surface area contributed by atoms with Gasteiger partial charge in [0.1, 0.15) is 0 Å². The summed E-state index contributed by atoms with van der Waals surface area (Å²) >= 11 is 0. The quantitative estimate of drug-likeness (QED) is 0.291. The summed E-state index contributed by atoms with van der Waals surface area (Å²) in [7, 11) is -8.66. The van der Waals surface area contributed by atoms with Gasteiger partial charge in [-0.1, -0.05) is 0 Å². The van der Waals surface area contributed by atoms with E-state index in [1.54, 1.807) is 0 Å². The van der Waals surface area contributed by atoms with Crippen LogP contribution in [-0.4, -0.2) is 73.3 Å². The summed E-state index contributed by atoms with van der Waals surface area (Å²) in [5, 5.41) is 10.6. The van der Waals surface area contributed by atoms with Crippen LogP contribution >= 0.6 is 0 Å². The van der Waals surface area contributed by atoms with Crippen LogP contribution in [0.25, 0.3) is 0 Å². The number of hydrogen-bond donors (Lipinski definition) is 0. The van der Waals surface area contributed by atoms with Crippen LogP contribution in [0.5, 0.6) is 0 Å². The SMILES string of the molecule is CN(CCC[Si](C)(C)O[Si](C)(C)O[Si](C)(C)O[Si](C)(C)O[Si](C)(C)C)CCC([O])=O. The second-order valence-electron chi connectivity index (χ2n) is 11.0. The van der Waals surface area contributed by atoms with Crippen LogP contribution in [0.1, 0.15) is 12.8 Å². The molecule has 12 heteroatoms. The van der Waals surface area contributed by atoms with Crippen LogP contribution < -0.4 is 0 Å². The van der Waals surface area contributed by atoms with Gasteiger partial charge >= 0.3 is 31.7 Å². The standard InChI is InChI=1S/C18H46NO6Si5/c1-19(16-14-18(20)21)15-13-17-27(5,6)23-29(9,10)25-30(11,12)24-28(7,8)22-26(2,3)4/h13-17H2,1-12H3. The molecule has 30 heavy (non-hydrogen) atoms. The van der Waals surface area contributed by atoms with Crippen LogP contribution in [0.4, 0.5) is 0 Å². The first-order valence-corrected chi connectivity index (χ1v) is 25.8. The van der Waals surface area contributed by atoms with Crippen LogP contribution in [0, 0.1) is 0 Å². The van der Waals surface area contributed by atoms with E-state index in [2.05, 4.69) is 72.0 Å². The lowest BCUT2D eigenvalue weighted by molar-refractivity contribution is -0.143. The zero-order valence-corrected chi connectivity index (χ0v) is 26.4. The highest BCUT2D eigenvalue weighted by Crippen LogP contribution is 2.27. The minimum absolute atomic E-state index is 0.0718. The Balaban J connectivity index is 4.73. The fourth-order valence-corrected chi connectivity index (χ4v) is 27.6. The third-order valence-electron chi connectivity index (χ3n) is 4.07. The zero-order chi connectivity index (χ0) is 24.0. The second-order valence-corrected chi connectivity index (χ2v) is 30.9. The molecule has 0 heterocycles. The molecule has 0 bridgehead atoms. The van der Waals surface area contributed by atoms with Crippen molar-refractivity contribution in [1.29, 1.82) is 0 Å². The number of carbonyl (C=O) groups excluding carboxylic acids is 1. The molecule has 0 fully saturated rings. The van der Waals surface area contributed by atoms with E-state index >= 15 is 0 Å². The molecule has 0 saturated heterocycles. The molecule has 0 aliphatic carbocycles. The van der Waals surface area contributed by atoms with E-state index in [0.717, 1.165) is 19.0 Å². The molecule has 0 aliphatic heterocycles. The lowest BCUT2D eigenvalue weighted by Crippen LogP contribution is -2.58. The average Bonchev–Trinajstić information content (AvgIpc) is 2.37. The lowest BCUT2D eigenvalue weighted by atomic mass is 10.3. The van der Waals surface area contributed by atoms with E-state index in [1.165, 1.54) is 0 Å². The molecule has 0 aromatic heterocycles.